The molecule has 1 aromatic heterocycles. The number of fused-ring (bicyclic) bond motifs is 1. The van der Waals surface area contributed by atoms with Crippen LogP contribution >= 0.6 is 38.9 Å². The lowest BCUT2D eigenvalue weighted by Crippen LogP contribution is -2.31. The van der Waals surface area contributed by atoms with Gasteiger partial charge in [0.25, 0.3) is 0 Å². The van der Waals surface area contributed by atoms with Crippen molar-refractivity contribution in [2.24, 2.45) is 0 Å². The molecule has 2 nitrogen and oxygen atoms in total. The minimum atomic E-state index is -0.505. The predicted octanol–water partition coefficient (Wildman–Crippen LogP) is 4.65. The van der Waals surface area contributed by atoms with Crippen LogP contribution in [0.1, 0.15) is 28.5 Å². The second-order valence-electron chi connectivity index (χ2n) is 5.37. The first-order valence-corrected chi connectivity index (χ1v) is 9.09. The Bertz CT molecular complexity index is 630. The second-order valence-corrected chi connectivity index (χ2v) is 7.69. The largest absolute Gasteiger partial charge is 0.388 e. The van der Waals surface area contributed by atoms with Crippen LogP contribution in [0.4, 0.5) is 0 Å². The highest BCUT2D eigenvalue weighted by Crippen LogP contribution is 2.29. The van der Waals surface area contributed by atoms with Crippen LogP contribution in [-0.4, -0.2) is 23.1 Å². The van der Waals surface area contributed by atoms with E-state index in [0.717, 1.165) is 36.1 Å². The molecule has 1 unspecified atom stereocenters. The predicted molar refractivity (Wildman–Crippen MR) is 92.0 cm³/mol. The summed E-state index contributed by atoms with van der Waals surface area (Å²) in [6.45, 7) is 2.97. The van der Waals surface area contributed by atoms with Gasteiger partial charge in [-0.15, -0.1) is 11.3 Å². The molecule has 0 saturated carbocycles. The molecule has 0 radical (unpaired) electrons. The van der Waals surface area contributed by atoms with Crippen LogP contribution in [-0.2, 0) is 13.0 Å². The average molecular weight is 387 g/mol. The highest BCUT2D eigenvalue weighted by molar-refractivity contribution is 9.10. The molecule has 1 atom stereocenters. The van der Waals surface area contributed by atoms with Gasteiger partial charge in [-0.25, -0.2) is 0 Å². The monoisotopic (exact) mass is 385 g/mol. The van der Waals surface area contributed by atoms with Crippen molar-refractivity contribution in [2.75, 3.05) is 13.1 Å². The molecule has 0 fully saturated rings. The Labute approximate surface area is 142 Å². The van der Waals surface area contributed by atoms with Gasteiger partial charge in [0.2, 0.25) is 0 Å². The van der Waals surface area contributed by atoms with E-state index in [0.29, 0.717) is 11.4 Å². The number of rotatable bonds is 4. The van der Waals surface area contributed by atoms with Crippen molar-refractivity contribution < 1.29 is 5.11 Å². The Hall–Kier alpha value is -0.390. The van der Waals surface area contributed by atoms with Crippen molar-refractivity contribution in [3.8, 4) is 0 Å². The Morgan fingerprint density at radius 3 is 3.05 bits per heavy atom. The first-order valence-electron chi connectivity index (χ1n) is 7.04. The van der Waals surface area contributed by atoms with Gasteiger partial charge in [-0.05, 0) is 47.5 Å². The fraction of sp³-hybridized carbons (Fsp3) is 0.375. The van der Waals surface area contributed by atoms with E-state index >= 15 is 0 Å². The second kappa shape index (κ2) is 6.80. The third-order valence-electron chi connectivity index (χ3n) is 3.93. The molecule has 0 saturated heterocycles. The van der Waals surface area contributed by atoms with Gasteiger partial charge >= 0.3 is 0 Å². The molecule has 3 rings (SSSR count). The zero-order valence-corrected chi connectivity index (χ0v) is 14.7. The number of thiophene rings is 1. The maximum Gasteiger partial charge on any atom is 0.0816 e. The summed E-state index contributed by atoms with van der Waals surface area (Å²) in [5.74, 6) is 0. The Morgan fingerprint density at radius 1 is 1.38 bits per heavy atom. The molecular formula is C16H17BrClNOS. The van der Waals surface area contributed by atoms with Crippen molar-refractivity contribution in [3.05, 3.63) is 55.1 Å². The van der Waals surface area contributed by atoms with E-state index in [9.17, 15) is 5.11 Å². The molecule has 0 spiro atoms. The van der Waals surface area contributed by atoms with Crippen LogP contribution in [0.25, 0.3) is 0 Å². The highest BCUT2D eigenvalue weighted by Gasteiger charge is 2.19. The fourth-order valence-corrected chi connectivity index (χ4v) is 4.42. The van der Waals surface area contributed by atoms with E-state index < -0.39 is 6.10 Å². The number of hydrogen-bond acceptors (Lipinski definition) is 3. The molecule has 1 aliphatic rings. The number of nitrogens with zero attached hydrogens (tertiary/aromatic N) is 1. The molecule has 5 heteroatoms. The normalized spacial score (nSPS) is 16.7. The van der Waals surface area contributed by atoms with E-state index in [1.807, 2.05) is 29.5 Å². The zero-order chi connectivity index (χ0) is 14.8. The van der Waals surface area contributed by atoms with Gasteiger partial charge in [0.1, 0.15) is 0 Å². The standard InChI is InChI=1S/C16H17BrClNOS/c17-12-1-2-13(14(18)9-12)15(20)3-6-19-7-4-16-11(10-19)5-8-21-16/h1-2,5,8-9,15,20H,3-4,6-7,10H2. The van der Waals surface area contributed by atoms with Gasteiger partial charge in [-0.2, -0.15) is 0 Å². The minimum Gasteiger partial charge on any atom is -0.388 e. The summed E-state index contributed by atoms with van der Waals surface area (Å²) in [7, 11) is 0. The smallest absolute Gasteiger partial charge is 0.0816 e. The van der Waals surface area contributed by atoms with Crippen molar-refractivity contribution in [2.45, 2.75) is 25.5 Å². The molecule has 2 heterocycles. The van der Waals surface area contributed by atoms with Crippen LogP contribution in [0.15, 0.2) is 34.1 Å². The van der Waals surface area contributed by atoms with Gasteiger partial charge in [0.05, 0.1) is 6.10 Å². The molecule has 0 amide bonds. The first kappa shape index (κ1) is 15.5. The maximum absolute atomic E-state index is 10.4. The molecule has 1 N–H and O–H groups in total. The quantitative estimate of drug-likeness (QED) is 0.827. The van der Waals surface area contributed by atoms with Crippen molar-refractivity contribution >= 4 is 38.9 Å². The number of aliphatic hydroxyl groups excluding tert-OH is 1. The summed E-state index contributed by atoms with van der Waals surface area (Å²) in [4.78, 5) is 3.92. The van der Waals surface area contributed by atoms with Gasteiger partial charge in [-0.1, -0.05) is 33.6 Å². The molecular weight excluding hydrogens is 370 g/mol. The highest BCUT2D eigenvalue weighted by atomic mass is 79.9. The zero-order valence-electron chi connectivity index (χ0n) is 11.6. The minimum absolute atomic E-state index is 0.505. The van der Waals surface area contributed by atoms with E-state index in [-0.39, 0.29) is 0 Å². The Morgan fingerprint density at radius 2 is 2.24 bits per heavy atom. The van der Waals surface area contributed by atoms with Crippen molar-refractivity contribution in [3.63, 3.8) is 0 Å². The van der Waals surface area contributed by atoms with Crippen LogP contribution in [0, 0.1) is 0 Å². The van der Waals surface area contributed by atoms with E-state index in [2.05, 4.69) is 32.3 Å². The number of aliphatic hydroxyl groups is 1. The third kappa shape index (κ3) is 3.69. The molecule has 21 heavy (non-hydrogen) atoms. The topological polar surface area (TPSA) is 23.5 Å². The molecule has 112 valence electrons. The fourth-order valence-electron chi connectivity index (χ4n) is 2.73. The van der Waals surface area contributed by atoms with Crippen LogP contribution in [0.5, 0.6) is 0 Å². The SMILES string of the molecule is OC(CCN1CCc2sccc2C1)c1ccc(Br)cc1Cl. The molecule has 1 aliphatic heterocycles. The lowest BCUT2D eigenvalue weighted by atomic mass is 10.0. The molecule has 2 aromatic rings. The van der Waals surface area contributed by atoms with E-state index in [1.54, 1.807) is 0 Å². The average Bonchev–Trinajstić information content (AvgIpc) is 2.92. The maximum atomic E-state index is 10.4. The summed E-state index contributed by atoms with van der Waals surface area (Å²) in [6.07, 6.45) is 1.33. The van der Waals surface area contributed by atoms with E-state index in [4.69, 9.17) is 11.6 Å². The summed E-state index contributed by atoms with van der Waals surface area (Å²) < 4.78 is 0.935. The summed E-state index contributed by atoms with van der Waals surface area (Å²) in [5, 5.41) is 13.1. The number of halogens is 2. The van der Waals surface area contributed by atoms with Crippen LogP contribution in [0.2, 0.25) is 5.02 Å². The van der Waals surface area contributed by atoms with Crippen molar-refractivity contribution in [1.82, 2.24) is 4.90 Å². The van der Waals surface area contributed by atoms with E-state index in [1.165, 1.54) is 10.4 Å². The third-order valence-corrected chi connectivity index (χ3v) is 5.77. The van der Waals surface area contributed by atoms with Gasteiger partial charge in [0, 0.05) is 34.0 Å². The van der Waals surface area contributed by atoms with Gasteiger partial charge in [0.15, 0.2) is 0 Å². The summed E-state index contributed by atoms with van der Waals surface area (Å²) >= 11 is 11.4. The van der Waals surface area contributed by atoms with Gasteiger partial charge in [-0.3, -0.25) is 4.90 Å². The number of hydrogen-bond donors (Lipinski definition) is 1. The van der Waals surface area contributed by atoms with Crippen molar-refractivity contribution in [1.29, 1.82) is 0 Å². The lowest BCUT2D eigenvalue weighted by molar-refractivity contribution is 0.138. The summed E-state index contributed by atoms with van der Waals surface area (Å²) in [6, 6.07) is 7.86. The molecule has 1 aromatic carbocycles. The van der Waals surface area contributed by atoms with Gasteiger partial charge < -0.3 is 5.11 Å². The van der Waals surface area contributed by atoms with Crippen LogP contribution in [0.3, 0.4) is 0 Å². The Balaban J connectivity index is 1.58. The van der Waals surface area contributed by atoms with Crippen LogP contribution < -0.4 is 0 Å². The first-order chi connectivity index (χ1) is 10.1. The lowest BCUT2D eigenvalue weighted by Gasteiger charge is -2.27. The molecule has 0 bridgehead atoms. The number of benzene rings is 1. The summed E-state index contributed by atoms with van der Waals surface area (Å²) in [5.41, 5.74) is 2.26. The molecule has 0 aliphatic carbocycles. The Kier molecular flexibility index (Phi) is 5.02.